The van der Waals surface area contributed by atoms with E-state index in [0.29, 0.717) is 38.1 Å². The minimum atomic E-state index is -0.787. The van der Waals surface area contributed by atoms with Crippen LogP contribution in [0.5, 0.6) is 5.75 Å². The normalized spacial score (nSPS) is 42.7. The predicted octanol–water partition coefficient (Wildman–Crippen LogP) is 3.76. The van der Waals surface area contributed by atoms with Crippen molar-refractivity contribution in [2.45, 2.75) is 64.0 Å². The number of fused-ring (bicyclic) bond motifs is 1. The highest BCUT2D eigenvalue weighted by Crippen LogP contribution is 2.62. The van der Waals surface area contributed by atoms with Gasteiger partial charge in [0, 0.05) is 43.3 Å². The van der Waals surface area contributed by atoms with E-state index in [1.807, 2.05) is 37.3 Å². The Kier molecular flexibility index (Phi) is 5.92. The molecule has 5 heterocycles. The van der Waals surface area contributed by atoms with Crippen LogP contribution in [-0.2, 0) is 28.8 Å². The summed E-state index contributed by atoms with van der Waals surface area (Å²) >= 11 is 0. The lowest BCUT2D eigenvalue weighted by molar-refractivity contribution is -0.614. The third-order valence-corrected chi connectivity index (χ3v) is 8.65. The van der Waals surface area contributed by atoms with Crippen molar-refractivity contribution in [3.63, 3.8) is 0 Å². The van der Waals surface area contributed by atoms with Gasteiger partial charge in [0.05, 0.1) is 13.2 Å². The van der Waals surface area contributed by atoms with Gasteiger partial charge in [-0.25, -0.2) is 9.78 Å². The number of morpholine rings is 1. The molecule has 0 radical (unpaired) electrons. The van der Waals surface area contributed by atoms with E-state index in [0.717, 1.165) is 30.6 Å². The summed E-state index contributed by atoms with van der Waals surface area (Å²) in [7, 11) is 0. The van der Waals surface area contributed by atoms with Crippen LogP contribution in [0.2, 0.25) is 0 Å². The average molecular weight is 486 g/mol. The van der Waals surface area contributed by atoms with Crippen molar-refractivity contribution in [2.24, 2.45) is 23.7 Å². The molecule has 8 heteroatoms. The smallest absolute Gasteiger partial charge is 0.246 e. The highest BCUT2D eigenvalue weighted by Gasteiger charge is 2.72. The van der Waals surface area contributed by atoms with E-state index in [1.54, 1.807) is 11.0 Å². The standard InChI is InChI=1S/C27H35NO7/c1-17-4-10-21-18(2)24(32-25-27(21)22(17)16-26(3,33-25)34-35-27)31-20-8-5-19(6-9-20)7-11-23(29)28-12-14-30-15-13-28/h5-9,11,17-18,21-22,24-25H,4,10,12-16H2,1-3H3/b11-7+/t17-,18-,21?,22?,24+,25-,26+,27+/m1/s1. The maximum atomic E-state index is 12.3. The second kappa shape index (κ2) is 8.85. The van der Waals surface area contributed by atoms with Gasteiger partial charge in [-0.2, -0.15) is 0 Å². The number of hydrogen-bond donors (Lipinski definition) is 0. The first kappa shape index (κ1) is 23.4. The molecule has 0 aromatic heterocycles. The largest absolute Gasteiger partial charge is 0.465 e. The Balaban J connectivity index is 1.14. The lowest BCUT2D eigenvalue weighted by atomic mass is 9.56. The Labute approximate surface area is 206 Å². The summed E-state index contributed by atoms with van der Waals surface area (Å²) in [4.78, 5) is 26.0. The van der Waals surface area contributed by atoms with Gasteiger partial charge in [0.25, 0.3) is 0 Å². The molecule has 1 amide bonds. The SMILES string of the molecule is C[C@@H]1CCC2[C@@H](C)[C@@H](Oc3ccc(/C=C/C(=O)N4CCOCC4)cc3)O[C@@H]3O[C@]4(C)CC1[C@@]23OO4. The third-order valence-electron chi connectivity index (χ3n) is 8.65. The summed E-state index contributed by atoms with van der Waals surface area (Å²) in [5.41, 5.74) is 0.363. The van der Waals surface area contributed by atoms with E-state index in [9.17, 15) is 4.79 Å². The molecule has 35 heavy (non-hydrogen) atoms. The van der Waals surface area contributed by atoms with Crippen molar-refractivity contribution in [3.8, 4) is 5.75 Å². The number of hydrogen-bond acceptors (Lipinski definition) is 7. The van der Waals surface area contributed by atoms with Crippen LogP contribution in [0.1, 0.15) is 45.6 Å². The summed E-state index contributed by atoms with van der Waals surface area (Å²) < 4.78 is 24.4. The molecule has 6 aliphatic rings. The number of nitrogens with zero attached hydrogens (tertiary/aromatic N) is 1. The Morgan fingerprint density at radius 3 is 2.63 bits per heavy atom. The molecule has 6 fully saturated rings. The number of amides is 1. The van der Waals surface area contributed by atoms with Gasteiger partial charge in [0.15, 0.2) is 11.9 Å². The van der Waals surface area contributed by atoms with Gasteiger partial charge in [-0.15, -0.1) is 0 Å². The zero-order chi connectivity index (χ0) is 24.2. The zero-order valence-corrected chi connectivity index (χ0v) is 20.7. The first-order valence-corrected chi connectivity index (χ1v) is 12.9. The number of carbonyl (C=O) groups is 1. The minimum Gasteiger partial charge on any atom is -0.465 e. The molecule has 1 saturated carbocycles. The predicted molar refractivity (Wildman–Crippen MR) is 126 cm³/mol. The van der Waals surface area contributed by atoms with Crippen molar-refractivity contribution >= 4 is 12.0 Å². The number of ether oxygens (including phenoxy) is 4. The molecule has 2 unspecified atom stereocenters. The maximum Gasteiger partial charge on any atom is 0.246 e. The lowest BCUT2D eigenvalue weighted by Crippen LogP contribution is -2.76. The first-order chi connectivity index (χ1) is 16.9. The van der Waals surface area contributed by atoms with Crippen LogP contribution in [0.4, 0.5) is 0 Å². The van der Waals surface area contributed by atoms with Gasteiger partial charge >= 0.3 is 0 Å². The first-order valence-electron chi connectivity index (χ1n) is 12.9. The van der Waals surface area contributed by atoms with E-state index < -0.39 is 24.0 Å². The molecular formula is C27H35NO7. The zero-order valence-electron chi connectivity index (χ0n) is 20.7. The molecule has 1 aromatic rings. The topological polar surface area (TPSA) is 75.7 Å². The van der Waals surface area contributed by atoms with Gasteiger partial charge in [-0.05, 0) is 49.5 Å². The van der Waals surface area contributed by atoms with Crippen molar-refractivity contribution in [1.82, 2.24) is 4.90 Å². The Bertz CT molecular complexity index is 976. The fraction of sp³-hybridized carbons (Fsp3) is 0.667. The van der Waals surface area contributed by atoms with Gasteiger partial charge in [-0.1, -0.05) is 26.0 Å². The number of rotatable bonds is 4. The molecule has 8 atom stereocenters. The molecule has 5 aliphatic heterocycles. The fourth-order valence-electron chi connectivity index (χ4n) is 6.67. The summed E-state index contributed by atoms with van der Waals surface area (Å²) in [6, 6.07) is 7.73. The molecule has 2 bridgehead atoms. The van der Waals surface area contributed by atoms with Crippen LogP contribution in [0.25, 0.3) is 6.08 Å². The van der Waals surface area contributed by atoms with Crippen LogP contribution in [0.3, 0.4) is 0 Å². The van der Waals surface area contributed by atoms with E-state index in [4.69, 9.17) is 28.7 Å². The summed E-state index contributed by atoms with van der Waals surface area (Å²) in [6.07, 6.45) is 5.51. The van der Waals surface area contributed by atoms with E-state index in [-0.39, 0.29) is 17.7 Å². The third kappa shape index (κ3) is 4.00. The van der Waals surface area contributed by atoms with Gasteiger partial charge in [0.1, 0.15) is 5.75 Å². The van der Waals surface area contributed by atoms with E-state index >= 15 is 0 Å². The van der Waals surface area contributed by atoms with Crippen molar-refractivity contribution in [3.05, 3.63) is 35.9 Å². The minimum absolute atomic E-state index is 0.00812. The van der Waals surface area contributed by atoms with Crippen molar-refractivity contribution < 1.29 is 33.5 Å². The van der Waals surface area contributed by atoms with E-state index in [1.165, 1.54) is 0 Å². The molecule has 5 saturated heterocycles. The van der Waals surface area contributed by atoms with Crippen LogP contribution >= 0.6 is 0 Å². The van der Waals surface area contributed by atoms with Gasteiger partial charge in [-0.3, -0.25) is 4.79 Å². The number of carbonyl (C=O) groups excluding carboxylic acids is 1. The van der Waals surface area contributed by atoms with E-state index in [2.05, 4.69) is 13.8 Å². The van der Waals surface area contributed by atoms with Crippen LogP contribution in [-0.4, -0.2) is 61.1 Å². The molecule has 0 N–H and O–H groups in total. The highest BCUT2D eigenvalue weighted by molar-refractivity contribution is 5.91. The molecule has 1 aliphatic carbocycles. The molecule has 7 rings (SSSR count). The van der Waals surface area contributed by atoms with Gasteiger partial charge < -0.3 is 23.8 Å². The molecule has 1 aromatic carbocycles. The average Bonchev–Trinajstić information content (AvgIpc) is 2.87. The van der Waals surface area contributed by atoms with Crippen LogP contribution < -0.4 is 4.74 Å². The maximum absolute atomic E-state index is 12.3. The van der Waals surface area contributed by atoms with Crippen LogP contribution in [0, 0.1) is 23.7 Å². The fourth-order valence-corrected chi connectivity index (χ4v) is 6.67. The monoisotopic (exact) mass is 485 g/mol. The molecule has 190 valence electrons. The molecule has 8 nitrogen and oxygen atoms in total. The molecular weight excluding hydrogens is 450 g/mol. The Hall–Kier alpha value is -1.97. The van der Waals surface area contributed by atoms with Crippen LogP contribution in [0.15, 0.2) is 30.3 Å². The van der Waals surface area contributed by atoms with Crippen molar-refractivity contribution in [1.29, 1.82) is 0 Å². The number of benzene rings is 1. The second-order valence-corrected chi connectivity index (χ2v) is 10.9. The Morgan fingerprint density at radius 1 is 1.09 bits per heavy atom. The quantitative estimate of drug-likeness (QED) is 0.475. The van der Waals surface area contributed by atoms with Gasteiger partial charge in [0.2, 0.25) is 18.0 Å². The highest BCUT2D eigenvalue weighted by atomic mass is 17.3. The summed E-state index contributed by atoms with van der Waals surface area (Å²) in [5, 5.41) is 0. The van der Waals surface area contributed by atoms with Crippen molar-refractivity contribution in [2.75, 3.05) is 26.3 Å². The molecule has 1 spiro atoms. The summed E-state index contributed by atoms with van der Waals surface area (Å²) in [5.74, 6) is 1.16. The summed E-state index contributed by atoms with van der Waals surface area (Å²) in [6.45, 7) is 8.88. The Morgan fingerprint density at radius 2 is 1.86 bits per heavy atom. The second-order valence-electron chi connectivity index (χ2n) is 10.9. The lowest BCUT2D eigenvalue weighted by Gasteiger charge is -2.66.